The molecule has 12 heavy (non-hydrogen) atoms. The first-order chi connectivity index (χ1) is 5.48. The van der Waals surface area contributed by atoms with Crippen molar-refractivity contribution in [2.75, 3.05) is 20.6 Å². The molecule has 0 rings (SSSR count). The van der Waals surface area contributed by atoms with Crippen molar-refractivity contribution in [1.82, 2.24) is 4.90 Å². The van der Waals surface area contributed by atoms with E-state index in [1.165, 1.54) is 0 Å². The van der Waals surface area contributed by atoms with Crippen LogP contribution in [0.15, 0.2) is 0 Å². The predicted octanol–water partition coefficient (Wildman–Crippen LogP) is 1.44. The smallest absolute Gasteiger partial charge is 0.310 e. The van der Waals surface area contributed by atoms with Crippen molar-refractivity contribution in [3.63, 3.8) is 0 Å². The van der Waals surface area contributed by atoms with Gasteiger partial charge in [0.1, 0.15) is 0 Å². The summed E-state index contributed by atoms with van der Waals surface area (Å²) in [7, 11) is 3.81. The molecule has 3 heteroatoms. The van der Waals surface area contributed by atoms with Gasteiger partial charge >= 0.3 is 5.97 Å². The molecule has 0 aromatic heterocycles. The van der Waals surface area contributed by atoms with Crippen LogP contribution in [0.3, 0.4) is 0 Å². The first-order valence-corrected chi connectivity index (χ1v) is 4.36. The molecule has 0 unspecified atom stereocenters. The molecule has 3 nitrogen and oxygen atoms in total. The van der Waals surface area contributed by atoms with Crippen molar-refractivity contribution in [2.24, 2.45) is 5.41 Å². The van der Waals surface area contributed by atoms with Crippen LogP contribution in [-0.2, 0) is 4.79 Å². The summed E-state index contributed by atoms with van der Waals surface area (Å²) in [6.45, 7) is 4.48. The van der Waals surface area contributed by atoms with Gasteiger partial charge in [-0.2, -0.15) is 0 Å². The highest BCUT2D eigenvalue weighted by molar-refractivity contribution is 5.74. The van der Waals surface area contributed by atoms with Crippen molar-refractivity contribution in [3.05, 3.63) is 0 Å². The number of rotatable bonds is 5. The van der Waals surface area contributed by atoms with Gasteiger partial charge in [-0.15, -0.1) is 0 Å². The fraction of sp³-hybridized carbons (Fsp3) is 0.889. The Morgan fingerprint density at radius 3 is 1.83 bits per heavy atom. The van der Waals surface area contributed by atoms with E-state index in [1.54, 1.807) is 0 Å². The van der Waals surface area contributed by atoms with Crippen LogP contribution in [0.2, 0.25) is 0 Å². The second-order valence-corrected chi connectivity index (χ2v) is 3.53. The van der Waals surface area contributed by atoms with E-state index in [2.05, 4.69) is 0 Å². The Morgan fingerprint density at radius 1 is 1.33 bits per heavy atom. The molecule has 0 bridgehead atoms. The Labute approximate surface area is 74.4 Å². The topological polar surface area (TPSA) is 40.5 Å². The second-order valence-electron chi connectivity index (χ2n) is 3.53. The summed E-state index contributed by atoms with van der Waals surface area (Å²) in [6, 6.07) is 0. The van der Waals surface area contributed by atoms with Crippen LogP contribution < -0.4 is 0 Å². The van der Waals surface area contributed by atoms with Crippen molar-refractivity contribution in [2.45, 2.75) is 26.7 Å². The van der Waals surface area contributed by atoms with Gasteiger partial charge in [-0.1, -0.05) is 13.8 Å². The lowest BCUT2D eigenvalue weighted by molar-refractivity contribution is -0.150. The Kier molecular flexibility index (Phi) is 4.24. The summed E-state index contributed by atoms with van der Waals surface area (Å²) in [6.07, 6.45) is 1.38. The van der Waals surface area contributed by atoms with Gasteiger partial charge in [0.15, 0.2) is 0 Å². The Morgan fingerprint density at radius 2 is 1.75 bits per heavy atom. The van der Waals surface area contributed by atoms with Gasteiger partial charge in [0.2, 0.25) is 0 Å². The van der Waals surface area contributed by atoms with Crippen LogP contribution in [0.1, 0.15) is 26.7 Å². The van der Waals surface area contributed by atoms with E-state index in [9.17, 15) is 4.79 Å². The minimum atomic E-state index is -0.679. The lowest BCUT2D eigenvalue weighted by Crippen LogP contribution is -2.39. The monoisotopic (exact) mass is 173 g/mol. The number of carbonyl (C=O) groups is 1. The maximum Gasteiger partial charge on any atom is 0.310 e. The molecule has 0 radical (unpaired) electrons. The number of carboxylic acids is 1. The zero-order valence-corrected chi connectivity index (χ0v) is 8.42. The third-order valence-corrected chi connectivity index (χ3v) is 2.43. The molecule has 0 aromatic carbocycles. The molecule has 0 amide bonds. The fourth-order valence-corrected chi connectivity index (χ4v) is 1.45. The third kappa shape index (κ3) is 2.48. The molecule has 0 aliphatic rings. The van der Waals surface area contributed by atoms with Gasteiger partial charge < -0.3 is 10.0 Å². The largest absolute Gasteiger partial charge is 0.481 e. The first-order valence-electron chi connectivity index (χ1n) is 4.36. The summed E-state index contributed by atoms with van der Waals surface area (Å²) in [5.74, 6) is -0.679. The molecule has 0 fully saturated rings. The van der Waals surface area contributed by atoms with Gasteiger partial charge in [0.25, 0.3) is 0 Å². The highest BCUT2D eigenvalue weighted by atomic mass is 16.4. The second kappa shape index (κ2) is 4.45. The molecule has 1 N–H and O–H groups in total. The van der Waals surface area contributed by atoms with E-state index in [1.807, 2.05) is 32.8 Å². The average molecular weight is 173 g/mol. The van der Waals surface area contributed by atoms with Crippen LogP contribution in [-0.4, -0.2) is 36.6 Å². The lowest BCUT2D eigenvalue weighted by atomic mass is 9.82. The summed E-state index contributed by atoms with van der Waals surface area (Å²) in [5.41, 5.74) is -0.552. The summed E-state index contributed by atoms with van der Waals surface area (Å²) in [5, 5.41) is 9.05. The molecule has 0 heterocycles. The number of hydrogen-bond donors (Lipinski definition) is 1. The van der Waals surface area contributed by atoms with Crippen LogP contribution >= 0.6 is 0 Å². The van der Waals surface area contributed by atoms with Crippen molar-refractivity contribution < 1.29 is 9.90 Å². The molecule has 0 saturated carbocycles. The highest BCUT2D eigenvalue weighted by Crippen LogP contribution is 2.27. The molecule has 0 spiro atoms. The first kappa shape index (κ1) is 11.4. The van der Waals surface area contributed by atoms with Crippen LogP contribution in [0.4, 0.5) is 0 Å². The molecule has 0 aliphatic carbocycles. The molecule has 0 aromatic rings. The standard InChI is InChI=1S/C9H19NO2/c1-5-9(6-2,8(11)12)7-10(3)4/h5-7H2,1-4H3,(H,11,12). The minimum Gasteiger partial charge on any atom is -0.481 e. The van der Waals surface area contributed by atoms with Gasteiger partial charge in [0.05, 0.1) is 5.41 Å². The van der Waals surface area contributed by atoms with Gasteiger partial charge in [-0.3, -0.25) is 4.79 Å². The highest BCUT2D eigenvalue weighted by Gasteiger charge is 2.34. The molecule has 72 valence electrons. The van der Waals surface area contributed by atoms with Gasteiger partial charge in [-0.05, 0) is 26.9 Å². The predicted molar refractivity (Wildman–Crippen MR) is 49.2 cm³/mol. The van der Waals surface area contributed by atoms with E-state index in [0.717, 1.165) is 0 Å². The Hall–Kier alpha value is -0.570. The fourth-order valence-electron chi connectivity index (χ4n) is 1.45. The van der Waals surface area contributed by atoms with E-state index in [-0.39, 0.29) is 0 Å². The maximum absolute atomic E-state index is 11.0. The lowest BCUT2D eigenvalue weighted by Gasteiger charge is -2.29. The Balaban J connectivity index is 4.46. The molecular weight excluding hydrogens is 154 g/mol. The zero-order chi connectivity index (χ0) is 9.78. The molecule has 0 saturated heterocycles. The quantitative estimate of drug-likeness (QED) is 0.684. The van der Waals surface area contributed by atoms with E-state index < -0.39 is 11.4 Å². The normalized spacial score (nSPS) is 12.1. The molecule has 0 atom stereocenters. The Bertz CT molecular complexity index is 151. The average Bonchev–Trinajstić information content (AvgIpc) is 1.99. The molecular formula is C9H19NO2. The summed E-state index contributed by atoms with van der Waals surface area (Å²) >= 11 is 0. The number of aliphatic carboxylic acids is 1. The van der Waals surface area contributed by atoms with E-state index in [0.29, 0.717) is 19.4 Å². The van der Waals surface area contributed by atoms with Crippen molar-refractivity contribution in [1.29, 1.82) is 0 Å². The van der Waals surface area contributed by atoms with Crippen molar-refractivity contribution in [3.8, 4) is 0 Å². The number of hydrogen-bond acceptors (Lipinski definition) is 2. The number of nitrogens with zero attached hydrogens (tertiary/aromatic N) is 1. The molecule has 0 aliphatic heterocycles. The minimum absolute atomic E-state index is 0.552. The third-order valence-electron chi connectivity index (χ3n) is 2.43. The van der Waals surface area contributed by atoms with Gasteiger partial charge in [-0.25, -0.2) is 0 Å². The van der Waals surface area contributed by atoms with Crippen molar-refractivity contribution >= 4 is 5.97 Å². The SMILES string of the molecule is CCC(CC)(CN(C)C)C(=O)O. The summed E-state index contributed by atoms with van der Waals surface area (Å²) in [4.78, 5) is 12.9. The van der Waals surface area contributed by atoms with E-state index in [4.69, 9.17) is 5.11 Å². The summed E-state index contributed by atoms with van der Waals surface area (Å²) < 4.78 is 0. The van der Waals surface area contributed by atoms with Crippen LogP contribution in [0, 0.1) is 5.41 Å². The maximum atomic E-state index is 11.0. The zero-order valence-electron chi connectivity index (χ0n) is 8.42. The van der Waals surface area contributed by atoms with Crippen LogP contribution in [0.5, 0.6) is 0 Å². The van der Waals surface area contributed by atoms with Gasteiger partial charge in [0, 0.05) is 6.54 Å². The number of carboxylic acid groups (broad SMARTS) is 1. The van der Waals surface area contributed by atoms with E-state index >= 15 is 0 Å². The van der Waals surface area contributed by atoms with Crippen LogP contribution in [0.25, 0.3) is 0 Å².